The molecule has 2 N–H and O–H groups in total. The molecule has 1 amide bonds. The first kappa shape index (κ1) is 22.3. The van der Waals surface area contributed by atoms with E-state index in [4.69, 9.17) is 0 Å². The van der Waals surface area contributed by atoms with Gasteiger partial charge in [-0.05, 0) is 50.1 Å². The first-order valence-electron chi connectivity index (χ1n) is 8.91. The zero-order valence-electron chi connectivity index (χ0n) is 16.2. The molecule has 0 saturated heterocycles. The summed E-state index contributed by atoms with van der Waals surface area (Å²) >= 11 is 0. The molecule has 2 rings (SSSR count). The maximum Gasteiger partial charge on any atom is 0.573 e. The van der Waals surface area contributed by atoms with Crippen LogP contribution in [0.4, 0.5) is 18.9 Å². The minimum Gasteiger partial charge on any atom is -0.481 e. The van der Waals surface area contributed by atoms with Gasteiger partial charge in [-0.2, -0.15) is 0 Å². The van der Waals surface area contributed by atoms with Gasteiger partial charge in [0, 0.05) is 5.69 Å². The summed E-state index contributed by atoms with van der Waals surface area (Å²) in [5, 5.41) is 12.0. The Labute approximate surface area is 166 Å². The molecule has 0 saturated carbocycles. The number of amides is 1. The predicted octanol–water partition coefficient (Wildman–Crippen LogP) is 4.72. The van der Waals surface area contributed by atoms with Gasteiger partial charge in [-0.3, -0.25) is 9.59 Å². The van der Waals surface area contributed by atoms with Crippen molar-refractivity contribution < 1.29 is 32.6 Å². The van der Waals surface area contributed by atoms with E-state index in [-0.39, 0.29) is 12.1 Å². The van der Waals surface area contributed by atoms with Crippen molar-refractivity contribution >= 4 is 17.6 Å². The summed E-state index contributed by atoms with van der Waals surface area (Å²) in [5.74, 6) is -3.86. The fourth-order valence-electron chi connectivity index (χ4n) is 3.08. The number of benzene rings is 2. The Bertz CT molecular complexity index is 858. The molecule has 0 fully saturated rings. The molecule has 0 heterocycles. The molecule has 0 aliphatic carbocycles. The van der Waals surface area contributed by atoms with Crippen molar-refractivity contribution in [3.8, 4) is 5.75 Å². The summed E-state index contributed by atoms with van der Waals surface area (Å²) in [6.07, 6.45) is -4.59. The van der Waals surface area contributed by atoms with Crippen molar-refractivity contribution in [2.45, 2.75) is 33.6 Å². The van der Waals surface area contributed by atoms with Gasteiger partial charge in [0.05, 0.1) is 11.8 Å². The maximum absolute atomic E-state index is 12.8. The Morgan fingerprint density at radius 1 is 1.07 bits per heavy atom. The van der Waals surface area contributed by atoms with E-state index >= 15 is 0 Å². The molecule has 0 aliphatic heterocycles. The fraction of sp³-hybridized carbons (Fsp3) is 0.333. The van der Waals surface area contributed by atoms with Crippen molar-refractivity contribution in [1.29, 1.82) is 0 Å². The first-order valence-corrected chi connectivity index (χ1v) is 8.91. The third-order valence-corrected chi connectivity index (χ3v) is 4.42. The number of hydrogen-bond donors (Lipinski definition) is 2. The van der Waals surface area contributed by atoms with Gasteiger partial charge >= 0.3 is 12.3 Å². The van der Waals surface area contributed by atoms with Crippen molar-refractivity contribution in [3.63, 3.8) is 0 Å². The van der Waals surface area contributed by atoms with Gasteiger partial charge in [-0.15, -0.1) is 13.2 Å². The molecule has 0 unspecified atom stereocenters. The highest BCUT2D eigenvalue weighted by Gasteiger charge is 2.32. The molecule has 0 radical (unpaired) electrons. The molecule has 0 bridgehead atoms. The molecule has 0 spiro atoms. The number of anilines is 1. The lowest BCUT2D eigenvalue weighted by molar-refractivity contribution is -0.274. The number of aliphatic carboxylic acids is 1. The SMILES string of the molecule is Cc1cc(C)cc(C[C@@H](C(=O)Nc2ccc(OC(F)(F)F)cc2)[C@H](C)C(=O)O)c1. The smallest absolute Gasteiger partial charge is 0.481 e. The summed E-state index contributed by atoms with van der Waals surface area (Å²) in [6, 6.07) is 10.4. The second kappa shape index (κ2) is 8.98. The highest BCUT2D eigenvalue weighted by Crippen LogP contribution is 2.26. The molecular formula is C21H22F3NO4. The lowest BCUT2D eigenvalue weighted by atomic mass is 9.86. The number of halogens is 3. The van der Waals surface area contributed by atoms with Gasteiger partial charge in [0.2, 0.25) is 5.91 Å². The molecule has 0 aliphatic rings. The van der Waals surface area contributed by atoms with Crippen LogP contribution in [-0.2, 0) is 16.0 Å². The molecule has 2 aromatic rings. The number of ether oxygens (including phenoxy) is 1. The summed E-state index contributed by atoms with van der Waals surface area (Å²) in [4.78, 5) is 24.3. The number of hydrogen-bond acceptors (Lipinski definition) is 3. The van der Waals surface area contributed by atoms with Crippen LogP contribution in [0.15, 0.2) is 42.5 Å². The lowest BCUT2D eigenvalue weighted by Gasteiger charge is -2.21. The molecule has 2 aromatic carbocycles. The number of carbonyl (C=O) groups is 2. The molecule has 8 heteroatoms. The van der Waals surface area contributed by atoms with E-state index in [2.05, 4.69) is 10.1 Å². The topological polar surface area (TPSA) is 75.6 Å². The van der Waals surface area contributed by atoms with E-state index in [1.165, 1.54) is 19.1 Å². The summed E-state index contributed by atoms with van der Waals surface area (Å²) in [7, 11) is 0. The Morgan fingerprint density at radius 3 is 2.10 bits per heavy atom. The van der Waals surface area contributed by atoms with Crippen molar-refractivity contribution in [2.24, 2.45) is 11.8 Å². The van der Waals surface area contributed by atoms with E-state index in [0.29, 0.717) is 0 Å². The van der Waals surface area contributed by atoms with Gasteiger partial charge in [-0.1, -0.05) is 36.2 Å². The second-order valence-electron chi connectivity index (χ2n) is 6.99. The summed E-state index contributed by atoms with van der Waals surface area (Å²) < 4.78 is 40.5. The van der Waals surface area contributed by atoms with Gasteiger partial charge in [-0.25, -0.2) is 0 Å². The minimum absolute atomic E-state index is 0.219. The van der Waals surface area contributed by atoms with Crippen LogP contribution in [0, 0.1) is 25.7 Å². The monoisotopic (exact) mass is 409 g/mol. The first-order chi connectivity index (χ1) is 13.4. The Balaban J connectivity index is 2.18. The highest BCUT2D eigenvalue weighted by molar-refractivity contribution is 5.95. The van der Waals surface area contributed by atoms with E-state index in [1.807, 2.05) is 32.0 Å². The van der Waals surface area contributed by atoms with Crippen LogP contribution in [0.25, 0.3) is 0 Å². The van der Waals surface area contributed by atoms with E-state index in [0.717, 1.165) is 28.8 Å². The molecule has 0 aromatic heterocycles. The van der Waals surface area contributed by atoms with Gasteiger partial charge in [0.1, 0.15) is 5.75 Å². The molecular weight excluding hydrogens is 387 g/mol. The zero-order chi connectivity index (χ0) is 21.8. The lowest BCUT2D eigenvalue weighted by Crippen LogP contribution is -2.33. The number of alkyl halides is 3. The van der Waals surface area contributed by atoms with E-state index in [9.17, 15) is 27.9 Å². The van der Waals surface area contributed by atoms with Crippen LogP contribution < -0.4 is 10.1 Å². The third kappa shape index (κ3) is 6.81. The summed E-state index contributed by atoms with van der Waals surface area (Å²) in [6.45, 7) is 5.28. The summed E-state index contributed by atoms with van der Waals surface area (Å²) in [5.41, 5.74) is 3.09. The van der Waals surface area contributed by atoms with Crippen molar-refractivity contribution in [2.75, 3.05) is 5.32 Å². The number of rotatable bonds is 7. The third-order valence-electron chi connectivity index (χ3n) is 4.42. The van der Waals surface area contributed by atoms with Crippen molar-refractivity contribution in [1.82, 2.24) is 0 Å². The highest BCUT2D eigenvalue weighted by atomic mass is 19.4. The average Bonchev–Trinajstić information content (AvgIpc) is 2.58. The van der Waals surface area contributed by atoms with Crippen LogP contribution >= 0.6 is 0 Å². The van der Waals surface area contributed by atoms with E-state index < -0.39 is 35.8 Å². The van der Waals surface area contributed by atoms with Crippen LogP contribution in [-0.4, -0.2) is 23.3 Å². The second-order valence-corrected chi connectivity index (χ2v) is 6.99. The molecule has 29 heavy (non-hydrogen) atoms. The largest absolute Gasteiger partial charge is 0.573 e. The Kier molecular flexibility index (Phi) is 6.89. The fourth-order valence-corrected chi connectivity index (χ4v) is 3.08. The quantitative estimate of drug-likeness (QED) is 0.694. The number of aryl methyl sites for hydroxylation is 2. The van der Waals surface area contributed by atoms with Crippen molar-refractivity contribution in [3.05, 3.63) is 59.2 Å². The molecule has 156 valence electrons. The standard InChI is InChI=1S/C21H22F3NO4/c1-12-8-13(2)10-15(9-12)11-18(14(3)20(27)28)19(26)25-16-4-6-17(7-5-16)29-21(22,23)24/h4-10,14,18H,11H2,1-3H3,(H,25,26)(H,27,28)/t14-,18+/m0/s1. The van der Waals surface area contributed by atoms with Crippen LogP contribution in [0.2, 0.25) is 0 Å². The van der Waals surface area contributed by atoms with Crippen LogP contribution in [0.1, 0.15) is 23.6 Å². The van der Waals surface area contributed by atoms with Gasteiger partial charge < -0.3 is 15.2 Å². The molecule has 5 nitrogen and oxygen atoms in total. The number of carboxylic acid groups (broad SMARTS) is 1. The number of nitrogens with one attached hydrogen (secondary N) is 1. The molecule has 2 atom stereocenters. The Hall–Kier alpha value is -3.03. The Morgan fingerprint density at radius 2 is 1.62 bits per heavy atom. The maximum atomic E-state index is 12.8. The van der Waals surface area contributed by atoms with Gasteiger partial charge in [0.25, 0.3) is 0 Å². The minimum atomic E-state index is -4.81. The van der Waals surface area contributed by atoms with Gasteiger partial charge in [0.15, 0.2) is 0 Å². The van der Waals surface area contributed by atoms with E-state index in [1.54, 1.807) is 0 Å². The number of carbonyl (C=O) groups excluding carboxylic acids is 1. The predicted molar refractivity (Wildman–Crippen MR) is 102 cm³/mol. The number of carboxylic acids is 1. The average molecular weight is 409 g/mol. The zero-order valence-corrected chi connectivity index (χ0v) is 16.2. The normalized spacial score (nSPS) is 13.4. The van der Waals surface area contributed by atoms with Crippen LogP contribution in [0.5, 0.6) is 5.75 Å². The van der Waals surface area contributed by atoms with Crippen LogP contribution in [0.3, 0.4) is 0 Å².